The van der Waals surface area contributed by atoms with Crippen LogP contribution >= 0.6 is 0 Å². The van der Waals surface area contributed by atoms with Crippen LogP contribution in [0.2, 0.25) is 0 Å². The Hall–Kier alpha value is -2.45. The lowest BCUT2D eigenvalue weighted by Crippen LogP contribution is -2.29. The summed E-state index contributed by atoms with van der Waals surface area (Å²) in [7, 11) is 1.87. The third kappa shape index (κ3) is 3.88. The maximum absolute atomic E-state index is 4.34. The third-order valence-corrected chi connectivity index (χ3v) is 6.32. The first-order valence-corrected chi connectivity index (χ1v) is 10.4. The predicted molar refractivity (Wildman–Crippen MR) is 120 cm³/mol. The average Bonchev–Trinajstić information content (AvgIpc) is 3.21. The summed E-state index contributed by atoms with van der Waals surface area (Å²) in [4.78, 5) is 4.34. The molecule has 0 unspecified atom stereocenters. The number of nitrogens with zero attached hydrogens (tertiary/aromatic N) is 1. The zero-order chi connectivity index (χ0) is 19.5. The van der Waals surface area contributed by atoms with Crippen LogP contribution in [0.15, 0.2) is 71.7 Å². The summed E-state index contributed by atoms with van der Waals surface area (Å²) < 4.78 is 0. The number of hydrogen-bond donors (Lipinski definition) is 1. The van der Waals surface area contributed by atoms with Gasteiger partial charge in [0.2, 0.25) is 0 Å². The first-order valence-electron chi connectivity index (χ1n) is 10.4. The van der Waals surface area contributed by atoms with Crippen molar-refractivity contribution in [3.8, 4) is 0 Å². The topological polar surface area (TPSA) is 24.4 Å². The predicted octanol–water partition coefficient (Wildman–Crippen LogP) is 6.27. The Balaban J connectivity index is 1.46. The summed E-state index contributed by atoms with van der Waals surface area (Å²) in [5.74, 6) is 0.641. The minimum atomic E-state index is 0.357. The maximum atomic E-state index is 4.34. The molecule has 1 fully saturated rings. The van der Waals surface area contributed by atoms with Crippen molar-refractivity contribution in [1.82, 2.24) is 5.32 Å². The van der Waals surface area contributed by atoms with Crippen LogP contribution in [-0.4, -0.2) is 18.8 Å². The standard InChI is InChI=1S/C26H30N2/c1-18(27-3)21-10-6-11-22(16-21)23-14-15-24(17-23)28-19(2)25-13-7-9-20-8-4-5-12-26(20)25/h4-13,16,19,23-24,28H,14-15,17H2,1-3H3/t19-,23-,24+/m1/s1. The highest BCUT2D eigenvalue weighted by molar-refractivity contribution is 5.98. The van der Waals surface area contributed by atoms with Crippen LogP contribution in [0.25, 0.3) is 10.8 Å². The summed E-state index contributed by atoms with van der Waals surface area (Å²) in [5.41, 5.74) is 5.22. The Bertz CT molecular complexity index is 983. The Morgan fingerprint density at radius 3 is 2.64 bits per heavy atom. The highest BCUT2D eigenvalue weighted by Gasteiger charge is 2.27. The lowest BCUT2D eigenvalue weighted by molar-refractivity contribution is 0.459. The van der Waals surface area contributed by atoms with E-state index < -0.39 is 0 Å². The number of aliphatic imine (C=N–C) groups is 1. The van der Waals surface area contributed by atoms with E-state index in [1.54, 1.807) is 0 Å². The summed E-state index contributed by atoms with van der Waals surface area (Å²) >= 11 is 0. The molecule has 2 nitrogen and oxygen atoms in total. The second kappa shape index (κ2) is 8.28. The summed E-state index contributed by atoms with van der Waals surface area (Å²) in [6, 6.07) is 25.2. The normalized spacial score (nSPS) is 21.2. The largest absolute Gasteiger partial charge is 0.307 e. The van der Waals surface area contributed by atoms with Gasteiger partial charge in [-0.2, -0.15) is 0 Å². The van der Waals surface area contributed by atoms with E-state index in [4.69, 9.17) is 0 Å². The number of fused-ring (bicyclic) bond motifs is 1. The van der Waals surface area contributed by atoms with Crippen LogP contribution in [0.1, 0.15) is 61.8 Å². The van der Waals surface area contributed by atoms with Crippen LogP contribution < -0.4 is 5.32 Å². The molecule has 0 bridgehead atoms. The van der Waals surface area contributed by atoms with Crippen molar-refractivity contribution in [1.29, 1.82) is 0 Å². The second-order valence-corrected chi connectivity index (χ2v) is 8.10. The molecular formula is C26H30N2. The van der Waals surface area contributed by atoms with Crippen LogP contribution in [0, 0.1) is 0 Å². The van der Waals surface area contributed by atoms with Crippen LogP contribution in [0.4, 0.5) is 0 Å². The Morgan fingerprint density at radius 1 is 1.00 bits per heavy atom. The molecule has 1 N–H and O–H groups in total. The fraction of sp³-hybridized carbons (Fsp3) is 0.346. The lowest BCUT2D eigenvalue weighted by Gasteiger charge is -2.21. The zero-order valence-electron chi connectivity index (χ0n) is 17.2. The highest BCUT2D eigenvalue weighted by atomic mass is 14.9. The van der Waals surface area contributed by atoms with E-state index in [0.29, 0.717) is 18.0 Å². The first kappa shape index (κ1) is 18.9. The molecule has 28 heavy (non-hydrogen) atoms. The maximum Gasteiger partial charge on any atom is 0.0386 e. The molecule has 3 atom stereocenters. The van der Waals surface area contributed by atoms with Crippen LogP contribution in [0.3, 0.4) is 0 Å². The number of hydrogen-bond acceptors (Lipinski definition) is 2. The van der Waals surface area contributed by atoms with Gasteiger partial charge in [-0.15, -0.1) is 0 Å². The monoisotopic (exact) mass is 370 g/mol. The van der Waals surface area contributed by atoms with Gasteiger partial charge in [0.25, 0.3) is 0 Å². The van der Waals surface area contributed by atoms with E-state index in [-0.39, 0.29) is 0 Å². The minimum absolute atomic E-state index is 0.357. The van der Waals surface area contributed by atoms with E-state index in [1.807, 2.05) is 7.05 Å². The second-order valence-electron chi connectivity index (χ2n) is 8.10. The smallest absolute Gasteiger partial charge is 0.0386 e. The van der Waals surface area contributed by atoms with E-state index in [9.17, 15) is 0 Å². The van der Waals surface area contributed by atoms with Crippen molar-refractivity contribution in [3.05, 3.63) is 83.4 Å². The van der Waals surface area contributed by atoms with E-state index in [0.717, 1.165) is 5.71 Å². The highest BCUT2D eigenvalue weighted by Crippen LogP contribution is 2.36. The van der Waals surface area contributed by atoms with Gasteiger partial charge >= 0.3 is 0 Å². The molecule has 1 aliphatic rings. The van der Waals surface area contributed by atoms with E-state index in [1.165, 1.54) is 46.7 Å². The Kier molecular flexibility index (Phi) is 5.59. The van der Waals surface area contributed by atoms with Crippen LogP contribution in [-0.2, 0) is 0 Å². The Morgan fingerprint density at radius 2 is 1.79 bits per heavy atom. The third-order valence-electron chi connectivity index (χ3n) is 6.32. The molecule has 144 valence electrons. The summed E-state index contributed by atoms with van der Waals surface area (Å²) in [6.07, 6.45) is 3.71. The molecule has 3 aromatic rings. The van der Waals surface area contributed by atoms with Crippen molar-refractivity contribution >= 4 is 16.5 Å². The number of benzene rings is 3. The van der Waals surface area contributed by atoms with Crippen molar-refractivity contribution in [2.45, 2.75) is 51.1 Å². The van der Waals surface area contributed by atoms with Crippen molar-refractivity contribution < 1.29 is 0 Å². The van der Waals surface area contributed by atoms with E-state index >= 15 is 0 Å². The van der Waals surface area contributed by atoms with Gasteiger partial charge in [-0.05, 0) is 72.6 Å². The quantitative estimate of drug-likeness (QED) is 0.526. The van der Waals surface area contributed by atoms with Gasteiger partial charge in [-0.3, -0.25) is 4.99 Å². The Labute approximate surface area is 168 Å². The fourth-order valence-corrected chi connectivity index (χ4v) is 4.65. The molecule has 3 aromatic carbocycles. The molecule has 0 aliphatic heterocycles. The van der Waals surface area contributed by atoms with Crippen molar-refractivity contribution in [3.63, 3.8) is 0 Å². The van der Waals surface area contributed by atoms with Gasteiger partial charge in [-0.25, -0.2) is 0 Å². The molecule has 1 saturated carbocycles. The van der Waals surface area contributed by atoms with Crippen molar-refractivity contribution in [2.24, 2.45) is 4.99 Å². The summed E-state index contributed by atoms with van der Waals surface area (Å²) in [5, 5.41) is 6.60. The number of rotatable bonds is 5. The molecule has 0 heterocycles. The molecule has 1 aliphatic carbocycles. The molecule has 0 amide bonds. The van der Waals surface area contributed by atoms with Gasteiger partial charge in [0.1, 0.15) is 0 Å². The SMILES string of the molecule is CN=C(C)c1cccc([C@@H]2CC[C@H](N[C@H](C)c3cccc4ccccc34)C2)c1. The molecule has 2 heteroatoms. The van der Waals surface area contributed by atoms with Gasteiger partial charge in [-0.1, -0.05) is 60.7 Å². The molecular weight excluding hydrogens is 340 g/mol. The molecule has 0 spiro atoms. The molecule has 0 radical (unpaired) electrons. The van der Waals surface area contributed by atoms with Gasteiger partial charge < -0.3 is 5.32 Å². The van der Waals surface area contributed by atoms with Gasteiger partial charge in [0, 0.05) is 24.8 Å². The first-order chi connectivity index (χ1) is 13.7. The lowest BCUT2D eigenvalue weighted by atomic mass is 9.94. The summed E-state index contributed by atoms with van der Waals surface area (Å²) in [6.45, 7) is 4.39. The van der Waals surface area contributed by atoms with Crippen molar-refractivity contribution in [2.75, 3.05) is 7.05 Å². The number of nitrogens with one attached hydrogen (secondary N) is 1. The van der Waals surface area contributed by atoms with Gasteiger partial charge in [0.15, 0.2) is 0 Å². The van der Waals surface area contributed by atoms with Crippen LogP contribution in [0.5, 0.6) is 0 Å². The zero-order valence-corrected chi connectivity index (χ0v) is 17.2. The molecule has 0 aromatic heterocycles. The molecule has 4 rings (SSSR count). The average molecular weight is 371 g/mol. The van der Waals surface area contributed by atoms with E-state index in [2.05, 4.69) is 90.9 Å². The fourth-order valence-electron chi connectivity index (χ4n) is 4.65. The minimum Gasteiger partial charge on any atom is -0.307 e. The molecule has 0 saturated heterocycles. The van der Waals surface area contributed by atoms with Gasteiger partial charge in [0.05, 0.1) is 0 Å².